The molecule has 4 heterocycles. The standard InChI is InChI=1S/C17H25N7/c1-13-10-16(19-12-18-13)22(2)14-5-8-23(9-6-14)11-17-21-20-15-4-3-7-24(15)17/h10,12,14H,3-9,11H2,1-2H3. The Hall–Kier alpha value is -2.02. The van der Waals surface area contributed by atoms with E-state index in [-0.39, 0.29) is 0 Å². The molecule has 7 heteroatoms. The highest BCUT2D eigenvalue weighted by Crippen LogP contribution is 2.22. The number of hydrogen-bond donors (Lipinski definition) is 0. The van der Waals surface area contributed by atoms with Gasteiger partial charge in [0, 0.05) is 50.9 Å². The fourth-order valence-electron chi connectivity index (χ4n) is 3.81. The summed E-state index contributed by atoms with van der Waals surface area (Å²) in [6, 6.07) is 2.60. The highest BCUT2D eigenvalue weighted by atomic mass is 15.3. The molecular weight excluding hydrogens is 302 g/mol. The van der Waals surface area contributed by atoms with E-state index in [1.807, 2.05) is 6.92 Å². The number of aromatic nitrogens is 5. The molecule has 0 bridgehead atoms. The van der Waals surface area contributed by atoms with Gasteiger partial charge >= 0.3 is 0 Å². The number of fused-ring (bicyclic) bond motifs is 1. The largest absolute Gasteiger partial charge is 0.356 e. The maximum absolute atomic E-state index is 4.41. The number of nitrogens with zero attached hydrogens (tertiary/aromatic N) is 7. The molecule has 0 spiro atoms. The first kappa shape index (κ1) is 15.5. The summed E-state index contributed by atoms with van der Waals surface area (Å²) in [4.78, 5) is 13.4. The lowest BCUT2D eigenvalue weighted by molar-refractivity contribution is 0.196. The van der Waals surface area contributed by atoms with Crippen LogP contribution in [-0.2, 0) is 19.5 Å². The lowest BCUT2D eigenvalue weighted by atomic mass is 10.0. The predicted molar refractivity (Wildman–Crippen MR) is 91.8 cm³/mol. The zero-order valence-corrected chi connectivity index (χ0v) is 14.5. The molecule has 0 unspecified atom stereocenters. The van der Waals surface area contributed by atoms with E-state index < -0.39 is 0 Å². The Kier molecular flexibility index (Phi) is 4.18. The molecule has 0 aromatic carbocycles. The van der Waals surface area contributed by atoms with Gasteiger partial charge in [-0.1, -0.05) is 0 Å². The van der Waals surface area contributed by atoms with E-state index in [4.69, 9.17) is 0 Å². The number of rotatable bonds is 4. The number of aryl methyl sites for hydroxylation is 2. The minimum atomic E-state index is 0.541. The van der Waals surface area contributed by atoms with Crippen molar-refractivity contribution in [1.29, 1.82) is 0 Å². The first-order valence-corrected chi connectivity index (χ1v) is 8.85. The van der Waals surface area contributed by atoms with Crippen LogP contribution in [0.15, 0.2) is 12.4 Å². The molecule has 1 saturated heterocycles. The van der Waals surface area contributed by atoms with Crippen LogP contribution in [0.3, 0.4) is 0 Å². The summed E-state index contributed by atoms with van der Waals surface area (Å²) in [5, 5.41) is 8.70. The summed E-state index contributed by atoms with van der Waals surface area (Å²) in [5.74, 6) is 3.33. The van der Waals surface area contributed by atoms with E-state index in [9.17, 15) is 0 Å². The molecule has 0 atom stereocenters. The molecule has 1 fully saturated rings. The quantitative estimate of drug-likeness (QED) is 0.846. The summed E-state index contributed by atoms with van der Waals surface area (Å²) < 4.78 is 2.31. The van der Waals surface area contributed by atoms with Gasteiger partial charge in [-0.2, -0.15) is 0 Å². The highest BCUT2D eigenvalue weighted by Gasteiger charge is 2.25. The molecule has 0 radical (unpaired) electrons. The number of anilines is 1. The molecule has 2 aromatic heterocycles. The van der Waals surface area contributed by atoms with Crippen molar-refractivity contribution in [1.82, 2.24) is 29.6 Å². The maximum atomic E-state index is 4.41. The van der Waals surface area contributed by atoms with Crippen LogP contribution in [0.2, 0.25) is 0 Å². The molecule has 0 N–H and O–H groups in total. The van der Waals surface area contributed by atoms with Crippen molar-refractivity contribution < 1.29 is 0 Å². The fraction of sp³-hybridized carbons (Fsp3) is 0.647. The second-order valence-corrected chi connectivity index (χ2v) is 6.92. The van der Waals surface area contributed by atoms with Crippen molar-refractivity contribution in [2.24, 2.45) is 0 Å². The van der Waals surface area contributed by atoms with Crippen LogP contribution < -0.4 is 4.90 Å². The van der Waals surface area contributed by atoms with Gasteiger partial charge in [0.1, 0.15) is 23.8 Å². The predicted octanol–water partition coefficient (Wildman–Crippen LogP) is 1.42. The minimum absolute atomic E-state index is 0.541. The van der Waals surface area contributed by atoms with Crippen molar-refractivity contribution >= 4 is 5.82 Å². The van der Waals surface area contributed by atoms with Crippen LogP contribution in [0.4, 0.5) is 5.82 Å². The van der Waals surface area contributed by atoms with Gasteiger partial charge < -0.3 is 9.47 Å². The topological polar surface area (TPSA) is 63.0 Å². The molecule has 2 aliphatic rings. The third-order valence-corrected chi connectivity index (χ3v) is 5.31. The molecule has 0 aliphatic carbocycles. The van der Waals surface area contributed by atoms with Gasteiger partial charge in [0.05, 0.1) is 6.54 Å². The van der Waals surface area contributed by atoms with E-state index in [1.165, 1.54) is 12.2 Å². The van der Waals surface area contributed by atoms with Crippen LogP contribution in [0, 0.1) is 6.92 Å². The van der Waals surface area contributed by atoms with Crippen molar-refractivity contribution in [3.05, 3.63) is 29.7 Å². The lowest BCUT2D eigenvalue weighted by Crippen LogP contribution is -2.43. The molecule has 0 amide bonds. The van der Waals surface area contributed by atoms with Crippen molar-refractivity contribution in [3.63, 3.8) is 0 Å². The first-order valence-electron chi connectivity index (χ1n) is 8.85. The lowest BCUT2D eigenvalue weighted by Gasteiger charge is -2.37. The van der Waals surface area contributed by atoms with E-state index in [1.54, 1.807) is 6.33 Å². The summed E-state index contributed by atoms with van der Waals surface area (Å²) in [6.45, 7) is 6.22. The summed E-state index contributed by atoms with van der Waals surface area (Å²) in [5.41, 5.74) is 1.02. The monoisotopic (exact) mass is 327 g/mol. The van der Waals surface area contributed by atoms with Crippen LogP contribution in [0.5, 0.6) is 0 Å². The summed E-state index contributed by atoms with van der Waals surface area (Å²) in [7, 11) is 2.15. The van der Waals surface area contributed by atoms with Gasteiger partial charge in [0.25, 0.3) is 0 Å². The second-order valence-electron chi connectivity index (χ2n) is 6.92. The molecule has 4 rings (SSSR count). The average Bonchev–Trinajstić information content (AvgIpc) is 3.20. The van der Waals surface area contributed by atoms with Gasteiger partial charge in [0.2, 0.25) is 0 Å². The van der Waals surface area contributed by atoms with Gasteiger partial charge in [-0.05, 0) is 26.2 Å². The zero-order chi connectivity index (χ0) is 16.5. The third-order valence-electron chi connectivity index (χ3n) is 5.31. The Bertz CT molecular complexity index is 703. The SMILES string of the molecule is Cc1cc(N(C)C2CCN(Cc3nnc4n3CCC4)CC2)ncn1. The van der Waals surface area contributed by atoms with Crippen molar-refractivity contribution in [3.8, 4) is 0 Å². The molecule has 24 heavy (non-hydrogen) atoms. The van der Waals surface area contributed by atoms with Crippen LogP contribution in [0.1, 0.15) is 36.6 Å². The average molecular weight is 327 g/mol. The van der Waals surface area contributed by atoms with E-state index in [2.05, 4.69) is 47.6 Å². The van der Waals surface area contributed by atoms with Crippen molar-refractivity contribution in [2.75, 3.05) is 25.0 Å². The first-order chi connectivity index (χ1) is 11.7. The molecule has 2 aromatic rings. The fourth-order valence-corrected chi connectivity index (χ4v) is 3.81. The minimum Gasteiger partial charge on any atom is -0.356 e. The Morgan fingerprint density at radius 1 is 1.17 bits per heavy atom. The van der Waals surface area contributed by atoms with E-state index in [0.29, 0.717) is 6.04 Å². The highest BCUT2D eigenvalue weighted by molar-refractivity contribution is 5.39. The van der Waals surface area contributed by atoms with E-state index in [0.717, 1.165) is 62.8 Å². The van der Waals surface area contributed by atoms with Crippen LogP contribution in [0.25, 0.3) is 0 Å². The number of likely N-dealkylation sites (tertiary alicyclic amines) is 1. The normalized spacial score (nSPS) is 18.8. The van der Waals surface area contributed by atoms with Gasteiger partial charge in [-0.15, -0.1) is 10.2 Å². The van der Waals surface area contributed by atoms with Gasteiger partial charge in [0.15, 0.2) is 0 Å². The molecule has 128 valence electrons. The molecule has 0 saturated carbocycles. The molecule has 2 aliphatic heterocycles. The van der Waals surface area contributed by atoms with Gasteiger partial charge in [-0.25, -0.2) is 9.97 Å². The number of piperidine rings is 1. The van der Waals surface area contributed by atoms with E-state index >= 15 is 0 Å². The Balaban J connectivity index is 1.35. The zero-order valence-electron chi connectivity index (χ0n) is 14.5. The number of hydrogen-bond acceptors (Lipinski definition) is 6. The smallest absolute Gasteiger partial charge is 0.147 e. The van der Waals surface area contributed by atoms with Crippen LogP contribution in [-0.4, -0.2) is 55.8 Å². The van der Waals surface area contributed by atoms with Crippen LogP contribution >= 0.6 is 0 Å². The second kappa shape index (κ2) is 6.47. The van der Waals surface area contributed by atoms with Gasteiger partial charge in [-0.3, -0.25) is 4.90 Å². The molecular formula is C17H25N7. The third kappa shape index (κ3) is 3.00. The summed E-state index contributed by atoms with van der Waals surface area (Å²) in [6.07, 6.45) is 6.25. The Morgan fingerprint density at radius 2 is 2.00 bits per heavy atom. The van der Waals surface area contributed by atoms with Crippen molar-refractivity contribution in [2.45, 2.75) is 51.7 Å². The molecule has 7 nitrogen and oxygen atoms in total. The maximum Gasteiger partial charge on any atom is 0.147 e. The Morgan fingerprint density at radius 3 is 2.79 bits per heavy atom. The summed E-state index contributed by atoms with van der Waals surface area (Å²) >= 11 is 0. The Labute approximate surface area is 142 Å².